The summed E-state index contributed by atoms with van der Waals surface area (Å²) in [5.74, 6) is -0.123. The summed E-state index contributed by atoms with van der Waals surface area (Å²) in [5, 5.41) is 11.5. The van der Waals surface area contributed by atoms with Crippen molar-refractivity contribution in [3.63, 3.8) is 0 Å². The molecule has 1 aliphatic rings. The number of aliphatic hydroxyl groups excluding tert-OH is 1. The molecule has 1 heterocycles. The summed E-state index contributed by atoms with van der Waals surface area (Å²) < 4.78 is 26.3. The van der Waals surface area contributed by atoms with Crippen LogP contribution in [-0.4, -0.2) is 43.4 Å². The van der Waals surface area contributed by atoms with E-state index in [1.807, 2.05) is 0 Å². The second-order valence-corrected chi connectivity index (χ2v) is 6.56. The van der Waals surface area contributed by atoms with E-state index in [4.69, 9.17) is 5.11 Å². The first-order valence-electron chi connectivity index (χ1n) is 6.53. The Bertz CT molecular complexity index is 613. The summed E-state index contributed by atoms with van der Waals surface area (Å²) >= 11 is 0. The molecule has 1 aliphatic heterocycles. The first-order chi connectivity index (χ1) is 9.48. The quantitative estimate of drug-likeness (QED) is 0.804. The monoisotopic (exact) mass is 298 g/mol. The van der Waals surface area contributed by atoms with Gasteiger partial charge in [0.05, 0.1) is 11.3 Å². The van der Waals surface area contributed by atoms with Crippen LogP contribution in [0.25, 0.3) is 0 Å². The maximum atomic E-state index is 12.5. The van der Waals surface area contributed by atoms with Gasteiger partial charge in [-0.2, -0.15) is 4.31 Å². The lowest BCUT2D eigenvalue weighted by Gasteiger charge is -2.20. The number of benzene rings is 1. The fraction of sp³-hybridized carbons (Fsp3) is 0.462. The van der Waals surface area contributed by atoms with Crippen LogP contribution in [0, 0.1) is 0 Å². The number of hydrogen-bond donors (Lipinski definition) is 2. The third-order valence-corrected chi connectivity index (χ3v) is 5.23. The molecule has 0 bridgehead atoms. The van der Waals surface area contributed by atoms with Crippen molar-refractivity contribution in [3.05, 3.63) is 23.8 Å². The predicted octanol–water partition coefficient (Wildman–Crippen LogP) is 0.574. The van der Waals surface area contributed by atoms with Crippen molar-refractivity contribution in [1.82, 2.24) is 4.31 Å². The highest BCUT2D eigenvalue weighted by Gasteiger charge is 2.25. The van der Waals surface area contributed by atoms with Crippen LogP contribution in [0.5, 0.6) is 0 Å². The van der Waals surface area contributed by atoms with E-state index in [2.05, 4.69) is 5.32 Å². The van der Waals surface area contributed by atoms with E-state index in [1.165, 1.54) is 10.4 Å². The Kier molecular flexibility index (Phi) is 4.42. The summed E-state index contributed by atoms with van der Waals surface area (Å²) in [4.78, 5) is 11.5. The molecule has 2 rings (SSSR count). The number of hydrogen-bond acceptors (Lipinski definition) is 4. The third-order valence-electron chi connectivity index (χ3n) is 3.26. The summed E-state index contributed by atoms with van der Waals surface area (Å²) in [6.07, 6.45) is 0.611. The van der Waals surface area contributed by atoms with Crippen LogP contribution in [0.2, 0.25) is 0 Å². The van der Waals surface area contributed by atoms with Crippen LogP contribution in [0.3, 0.4) is 0 Å². The van der Waals surface area contributed by atoms with Gasteiger partial charge in [0.2, 0.25) is 15.9 Å². The standard InChI is InChI=1S/C13H18N2O4S/c1-2-15(6-3-7-16)20(18,19)11-4-5-12-10(8-11)9-13(17)14-12/h4-5,8,16H,2-3,6-7,9H2,1H3,(H,14,17). The third kappa shape index (κ3) is 2.84. The molecule has 0 fully saturated rings. The van der Waals surface area contributed by atoms with E-state index in [0.717, 1.165) is 0 Å². The Morgan fingerprint density at radius 3 is 2.80 bits per heavy atom. The number of fused-ring (bicyclic) bond motifs is 1. The van der Waals surface area contributed by atoms with Crippen LogP contribution in [0.1, 0.15) is 18.9 Å². The SMILES string of the molecule is CCN(CCCO)S(=O)(=O)c1ccc2c(c1)CC(=O)N2. The minimum atomic E-state index is -3.58. The fourth-order valence-electron chi connectivity index (χ4n) is 2.21. The lowest BCUT2D eigenvalue weighted by atomic mass is 10.2. The van der Waals surface area contributed by atoms with E-state index >= 15 is 0 Å². The lowest BCUT2D eigenvalue weighted by Crippen LogP contribution is -2.32. The average molecular weight is 298 g/mol. The van der Waals surface area contributed by atoms with Crippen molar-refractivity contribution in [2.45, 2.75) is 24.7 Å². The Hall–Kier alpha value is -1.44. The number of rotatable bonds is 6. The van der Waals surface area contributed by atoms with E-state index in [0.29, 0.717) is 24.2 Å². The number of carbonyl (C=O) groups excluding carboxylic acids is 1. The Labute approximate surface area is 118 Å². The Morgan fingerprint density at radius 2 is 2.15 bits per heavy atom. The van der Waals surface area contributed by atoms with Crippen molar-refractivity contribution in [2.24, 2.45) is 0 Å². The zero-order chi connectivity index (χ0) is 14.8. The maximum Gasteiger partial charge on any atom is 0.243 e. The van der Waals surface area contributed by atoms with Gasteiger partial charge in [-0.25, -0.2) is 8.42 Å². The normalized spacial score (nSPS) is 14.4. The van der Waals surface area contributed by atoms with E-state index in [-0.39, 0.29) is 30.4 Å². The van der Waals surface area contributed by atoms with E-state index in [1.54, 1.807) is 19.1 Å². The topological polar surface area (TPSA) is 86.7 Å². The highest BCUT2D eigenvalue weighted by molar-refractivity contribution is 7.89. The van der Waals surface area contributed by atoms with Crippen LogP contribution in [0.4, 0.5) is 5.69 Å². The van der Waals surface area contributed by atoms with Gasteiger partial charge in [-0.05, 0) is 30.2 Å². The molecule has 0 aromatic heterocycles. The molecule has 0 saturated carbocycles. The summed E-state index contributed by atoms with van der Waals surface area (Å²) in [6, 6.07) is 4.67. The molecule has 1 aromatic rings. The van der Waals surface area contributed by atoms with Crippen molar-refractivity contribution in [1.29, 1.82) is 0 Å². The number of nitrogens with one attached hydrogen (secondary N) is 1. The minimum absolute atomic E-state index is 0.0470. The molecule has 1 amide bonds. The first-order valence-corrected chi connectivity index (χ1v) is 7.97. The van der Waals surface area contributed by atoms with Crippen molar-refractivity contribution in [2.75, 3.05) is 25.0 Å². The van der Waals surface area contributed by atoms with Crippen LogP contribution in [-0.2, 0) is 21.2 Å². The van der Waals surface area contributed by atoms with Gasteiger partial charge >= 0.3 is 0 Å². The molecule has 0 unspecified atom stereocenters. The number of amides is 1. The number of aliphatic hydroxyl groups is 1. The highest BCUT2D eigenvalue weighted by Crippen LogP contribution is 2.27. The zero-order valence-corrected chi connectivity index (χ0v) is 12.1. The van der Waals surface area contributed by atoms with E-state index in [9.17, 15) is 13.2 Å². The van der Waals surface area contributed by atoms with Crippen molar-refractivity contribution < 1.29 is 18.3 Å². The van der Waals surface area contributed by atoms with Crippen molar-refractivity contribution >= 4 is 21.6 Å². The molecule has 0 atom stereocenters. The largest absolute Gasteiger partial charge is 0.396 e. The zero-order valence-electron chi connectivity index (χ0n) is 11.3. The molecule has 6 nitrogen and oxygen atoms in total. The molecular weight excluding hydrogens is 280 g/mol. The molecular formula is C13H18N2O4S. The van der Waals surface area contributed by atoms with Crippen molar-refractivity contribution in [3.8, 4) is 0 Å². The molecule has 0 spiro atoms. The summed E-state index contributed by atoms with van der Waals surface area (Å²) in [5.41, 5.74) is 1.38. The average Bonchev–Trinajstić information content (AvgIpc) is 2.78. The molecule has 1 aromatic carbocycles. The number of carbonyl (C=O) groups is 1. The lowest BCUT2D eigenvalue weighted by molar-refractivity contribution is -0.115. The number of anilines is 1. The van der Waals surface area contributed by atoms with Gasteiger partial charge in [0.15, 0.2) is 0 Å². The molecule has 110 valence electrons. The molecule has 2 N–H and O–H groups in total. The van der Waals surface area contributed by atoms with Crippen LogP contribution in [0.15, 0.2) is 23.1 Å². The van der Waals surface area contributed by atoms with Crippen LogP contribution >= 0.6 is 0 Å². The summed E-state index contributed by atoms with van der Waals surface area (Å²) in [6.45, 7) is 2.34. The Morgan fingerprint density at radius 1 is 1.40 bits per heavy atom. The Balaban J connectivity index is 2.30. The molecule has 0 radical (unpaired) electrons. The van der Waals surface area contributed by atoms with Gasteiger partial charge in [0.25, 0.3) is 0 Å². The second kappa shape index (κ2) is 5.90. The predicted molar refractivity (Wildman–Crippen MR) is 74.9 cm³/mol. The highest BCUT2D eigenvalue weighted by atomic mass is 32.2. The van der Waals surface area contributed by atoms with Gasteiger partial charge in [0, 0.05) is 25.4 Å². The van der Waals surface area contributed by atoms with Crippen LogP contribution < -0.4 is 5.32 Å². The second-order valence-electron chi connectivity index (χ2n) is 4.62. The molecule has 0 aliphatic carbocycles. The number of nitrogens with zero attached hydrogens (tertiary/aromatic N) is 1. The van der Waals surface area contributed by atoms with Gasteiger partial charge < -0.3 is 10.4 Å². The fourth-order valence-corrected chi connectivity index (χ4v) is 3.75. The summed E-state index contributed by atoms with van der Waals surface area (Å²) in [7, 11) is -3.58. The molecule has 0 saturated heterocycles. The smallest absolute Gasteiger partial charge is 0.243 e. The number of sulfonamides is 1. The first kappa shape index (κ1) is 15.0. The van der Waals surface area contributed by atoms with E-state index < -0.39 is 10.0 Å². The molecule has 20 heavy (non-hydrogen) atoms. The van der Waals surface area contributed by atoms with Gasteiger partial charge in [-0.3, -0.25) is 4.79 Å². The van der Waals surface area contributed by atoms with Gasteiger partial charge in [-0.1, -0.05) is 6.92 Å². The van der Waals surface area contributed by atoms with Gasteiger partial charge in [-0.15, -0.1) is 0 Å². The van der Waals surface area contributed by atoms with Gasteiger partial charge in [0.1, 0.15) is 0 Å². The minimum Gasteiger partial charge on any atom is -0.396 e. The maximum absolute atomic E-state index is 12.5. The molecule has 7 heteroatoms.